The minimum atomic E-state index is -0.790. The van der Waals surface area contributed by atoms with E-state index in [1.54, 1.807) is 13.0 Å². The topological polar surface area (TPSA) is 87.0 Å². The second-order valence-electron chi connectivity index (χ2n) is 8.13. The summed E-state index contributed by atoms with van der Waals surface area (Å²) >= 11 is 0. The number of fused-ring (bicyclic) bond motifs is 3. The van der Waals surface area contributed by atoms with Gasteiger partial charge in [0.15, 0.2) is 0 Å². The lowest BCUT2D eigenvalue weighted by atomic mass is 9.86. The molecule has 1 heterocycles. The SMILES string of the molecule is CC#CCC(C)C(O)/C=C\[C@@H]1[C@H]2c3cccc(CCCC(=O)O)c3O[C@H]2C[C@H]1O. The van der Waals surface area contributed by atoms with Crippen LogP contribution in [0.4, 0.5) is 0 Å². The first kappa shape index (κ1) is 21.4. The first-order valence-electron chi connectivity index (χ1n) is 10.4. The lowest BCUT2D eigenvalue weighted by molar-refractivity contribution is -0.137. The van der Waals surface area contributed by atoms with Crippen LogP contribution in [-0.2, 0) is 11.2 Å². The van der Waals surface area contributed by atoms with Gasteiger partial charge in [-0.15, -0.1) is 11.8 Å². The number of benzene rings is 1. The van der Waals surface area contributed by atoms with Crippen LogP contribution in [0.5, 0.6) is 5.75 Å². The molecule has 0 saturated heterocycles. The lowest BCUT2D eigenvalue weighted by Gasteiger charge is -2.19. The van der Waals surface area contributed by atoms with Gasteiger partial charge in [0, 0.05) is 36.7 Å². The van der Waals surface area contributed by atoms with E-state index in [9.17, 15) is 15.0 Å². The zero-order valence-electron chi connectivity index (χ0n) is 17.0. The number of rotatable bonds is 8. The Morgan fingerprint density at radius 2 is 2.21 bits per heavy atom. The lowest BCUT2D eigenvalue weighted by Crippen LogP contribution is -2.19. The average Bonchev–Trinajstić information content (AvgIpc) is 3.19. The molecule has 6 atom stereocenters. The highest BCUT2D eigenvalue weighted by Crippen LogP contribution is 2.52. The van der Waals surface area contributed by atoms with E-state index in [0.717, 1.165) is 16.9 Å². The number of hydrogen-bond donors (Lipinski definition) is 3. The van der Waals surface area contributed by atoms with Crippen molar-refractivity contribution in [2.24, 2.45) is 11.8 Å². The fourth-order valence-corrected chi connectivity index (χ4v) is 4.41. The molecule has 1 aliphatic carbocycles. The summed E-state index contributed by atoms with van der Waals surface area (Å²) < 4.78 is 6.21. The van der Waals surface area contributed by atoms with E-state index < -0.39 is 18.2 Å². The van der Waals surface area contributed by atoms with Gasteiger partial charge in [-0.1, -0.05) is 37.3 Å². The van der Waals surface area contributed by atoms with Gasteiger partial charge in [0.25, 0.3) is 0 Å². The quantitative estimate of drug-likeness (QED) is 0.462. The van der Waals surface area contributed by atoms with Crippen LogP contribution in [0, 0.1) is 23.7 Å². The summed E-state index contributed by atoms with van der Waals surface area (Å²) in [5.74, 6) is 5.87. The highest BCUT2D eigenvalue weighted by Gasteiger charge is 2.48. The summed E-state index contributed by atoms with van der Waals surface area (Å²) in [6.07, 6.45) is 5.07. The Hall–Kier alpha value is -2.29. The maximum atomic E-state index is 10.8. The molecule has 2 aliphatic rings. The Morgan fingerprint density at radius 1 is 1.41 bits per heavy atom. The van der Waals surface area contributed by atoms with Crippen LogP contribution in [0.25, 0.3) is 0 Å². The third-order valence-corrected chi connectivity index (χ3v) is 6.04. The first-order valence-corrected chi connectivity index (χ1v) is 10.4. The molecule has 0 amide bonds. The molecule has 1 fully saturated rings. The normalized spacial score (nSPS) is 26.9. The molecule has 29 heavy (non-hydrogen) atoms. The molecule has 1 aromatic carbocycles. The summed E-state index contributed by atoms with van der Waals surface area (Å²) in [6.45, 7) is 3.75. The minimum Gasteiger partial charge on any atom is -0.489 e. The van der Waals surface area contributed by atoms with Crippen LogP contribution >= 0.6 is 0 Å². The largest absolute Gasteiger partial charge is 0.489 e. The number of aliphatic hydroxyl groups is 2. The summed E-state index contributed by atoms with van der Waals surface area (Å²) in [4.78, 5) is 10.8. The molecule has 0 aromatic heterocycles. The van der Waals surface area contributed by atoms with Gasteiger partial charge in [0.2, 0.25) is 0 Å². The van der Waals surface area contributed by atoms with Gasteiger partial charge in [-0.05, 0) is 31.2 Å². The van der Waals surface area contributed by atoms with Crippen LogP contribution < -0.4 is 4.74 Å². The molecule has 2 unspecified atom stereocenters. The van der Waals surface area contributed by atoms with Crippen molar-refractivity contribution in [3.8, 4) is 17.6 Å². The number of hydrogen-bond acceptors (Lipinski definition) is 4. The third kappa shape index (κ3) is 4.83. The summed E-state index contributed by atoms with van der Waals surface area (Å²) in [5, 5.41) is 29.9. The summed E-state index contributed by atoms with van der Waals surface area (Å²) in [7, 11) is 0. The molecular weight excluding hydrogens is 368 g/mol. The van der Waals surface area contributed by atoms with E-state index in [-0.39, 0.29) is 30.3 Å². The second kappa shape index (κ2) is 9.47. The molecular formula is C24H30O5. The number of carboxylic acids is 1. The van der Waals surface area contributed by atoms with Gasteiger partial charge in [0.1, 0.15) is 11.9 Å². The smallest absolute Gasteiger partial charge is 0.303 e. The highest BCUT2D eigenvalue weighted by molar-refractivity contribution is 5.66. The molecule has 3 N–H and O–H groups in total. The van der Waals surface area contributed by atoms with E-state index in [1.807, 2.05) is 31.2 Å². The van der Waals surface area contributed by atoms with Crippen molar-refractivity contribution in [3.05, 3.63) is 41.5 Å². The van der Waals surface area contributed by atoms with Crippen molar-refractivity contribution >= 4 is 5.97 Å². The van der Waals surface area contributed by atoms with Crippen LogP contribution in [0.15, 0.2) is 30.4 Å². The van der Waals surface area contributed by atoms with Gasteiger partial charge < -0.3 is 20.1 Å². The highest BCUT2D eigenvalue weighted by atomic mass is 16.5. The zero-order valence-corrected chi connectivity index (χ0v) is 17.0. The molecule has 5 nitrogen and oxygen atoms in total. The van der Waals surface area contributed by atoms with Gasteiger partial charge >= 0.3 is 5.97 Å². The van der Waals surface area contributed by atoms with E-state index in [2.05, 4.69) is 11.8 Å². The molecule has 3 rings (SSSR count). The number of aliphatic carboxylic acids is 1. The van der Waals surface area contributed by atoms with Crippen molar-refractivity contribution in [1.29, 1.82) is 0 Å². The van der Waals surface area contributed by atoms with Crippen molar-refractivity contribution < 1.29 is 24.9 Å². The van der Waals surface area contributed by atoms with E-state index >= 15 is 0 Å². The van der Waals surface area contributed by atoms with E-state index in [1.165, 1.54) is 0 Å². The van der Waals surface area contributed by atoms with Crippen molar-refractivity contribution in [2.45, 2.75) is 70.2 Å². The molecule has 0 radical (unpaired) electrons. The molecule has 1 aromatic rings. The fourth-order valence-electron chi connectivity index (χ4n) is 4.41. The van der Waals surface area contributed by atoms with Crippen molar-refractivity contribution in [3.63, 3.8) is 0 Å². The number of aliphatic hydroxyl groups excluding tert-OH is 2. The average molecular weight is 398 g/mol. The minimum absolute atomic E-state index is 0.0287. The predicted octanol–water partition coefficient (Wildman–Crippen LogP) is 3.29. The Kier molecular flexibility index (Phi) is 7.00. The Bertz CT molecular complexity index is 818. The van der Waals surface area contributed by atoms with Gasteiger partial charge in [-0.2, -0.15) is 0 Å². The number of aryl methyl sites for hydroxylation is 1. The first-order chi connectivity index (χ1) is 13.9. The van der Waals surface area contributed by atoms with E-state index in [0.29, 0.717) is 25.7 Å². The van der Waals surface area contributed by atoms with Gasteiger partial charge in [-0.3, -0.25) is 4.79 Å². The number of ether oxygens (including phenoxy) is 1. The molecule has 5 heteroatoms. The number of carbonyl (C=O) groups is 1. The second-order valence-corrected chi connectivity index (χ2v) is 8.13. The Balaban J connectivity index is 1.75. The number of carboxylic acid groups (broad SMARTS) is 1. The molecule has 0 spiro atoms. The van der Waals surface area contributed by atoms with Crippen LogP contribution in [0.2, 0.25) is 0 Å². The summed E-state index contributed by atoms with van der Waals surface area (Å²) in [5.41, 5.74) is 2.11. The van der Waals surface area contributed by atoms with Gasteiger partial charge in [-0.25, -0.2) is 0 Å². The molecule has 1 saturated carbocycles. The molecule has 0 bridgehead atoms. The van der Waals surface area contributed by atoms with Crippen LogP contribution in [-0.4, -0.2) is 39.6 Å². The molecule has 1 aliphatic heterocycles. The van der Waals surface area contributed by atoms with Crippen molar-refractivity contribution in [2.75, 3.05) is 0 Å². The van der Waals surface area contributed by atoms with Gasteiger partial charge in [0.05, 0.1) is 12.2 Å². The van der Waals surface area contributed by atoms with E-state index in [4.69, 9.17) is 9.84 Å². The Labute approximate surface area is 172 Å². The third-order valence-electron chi connectivity index (χ3n) is 6.04. The molecule has 156 valence electrons. The predicted molar refractivity (Wildman–Crippen MR) is 111 cm³/mol. The summed E-state index contributed by atoms with van der Waals surface area (Å²) in [6, 6.07) is 6.01. The maximum Gasteiger partial charge on any atom is 0.303 e. The Morgan fingerprint density at radius 3 is 2.93 bits per heavy atom. The maximum absolute atomic E-state index is 10.8. The monoisotopic (exact) mass is 398 g/mol. The van der Waals surface area contributed by atoms with Crippen LogP contribution in [0.1, 0.15) is 56.6 Å². The fraction of sp³-hybridized carbons (Fsp3) is 0.542. The van der Waals surface area contributed by atoms with Crippen LogP contribution in [0.3, 0.4) is 0 Å². The zero-order chi connectivity index (χ0) is 21.0. The standard InChI is InChI=1S/C24H30O5/c1-3-4-7-15(2)19(25)13-12-17-20(26)14-21-23(17)18-10-5-8-16(24(18)29-21)9-6-11-22(27)28/h5,8,10,12-13,15,17,19-21,23,25-26H,6-7,9,11,14H2,1-2H3,(H,27,28)/b13-12-/t15?,17-,19?,20+,21-,23-/m0/s1. The number of para-hydroxylation sites is 1. The van der Waals surface area contributed by atoms with Crippen molar-refractivity contribution in [1.82, 2.24) is 0 Å².